The summed E-state index contributed by atoms with van der Waals surface area (Å²) < 4.78 is 5.33. The highest BCUT2D eigenvalue weighted by Crippen LogP contribution is 2.12. The molecule has 2 rings (SSSR count). The van der Waals surface area contributed by atoms with Crippen LogP contribution in [0.4, 0.5) is 5.69 Å². The van der Waals surface area contributed by atoms with E-state index in [-0.39, 0.29) is 18.4 Å². The minimum absolute atomic E-state index is 0.150. The molecule has 2 aromatic carbocycles. The molecule has 0 fully saturated rings. The maximum absolute atomic E-state index is 11.8. The molecule has 0 saturated heterocycles. The van der Waals surface area contributed by atoms with Gasteiger partial charge in [-0.05, 0) is 48.5 Å². The largest absolute Gasteiger partial charge is 0.484 e. The van der Waals surface area contributed by atoms with Crippen molar-refractivity contribution >= 4 is 17.5 Å². The summed E-state index contributed by atoms with van der Waals surface area (Å²) in [5, 5.41) is 13.9. The van der Waals surface area contributed by atoms with Gasteiger partial charge in [-0.15, -0.1) is 0 Å². The summed E-state index contributed by atoms with van der Waals surface area (Å²) in [6.45, 7) is -0.150. The van der Waals surface area contributed by atoms with Gasteiger partial charge in [0, 0.05) is 18.3 Å². The third kappa shape index (κ3) is 4.58. The SMILES string of the molecule is CNC(=O)c1ccc(NC(=O)COc2ccc(C#N)cc2)cc1. The molecular formula is C17H15N3O3. The fourth-order valence-corrected chi connectivity index (χ4v) is 1.82. The average Bonchev–Trinajstić information content (AvgIpc) is 2.60. The molecule has 0 saturated carbocycles. The Labute approximate surface area is 133 Å². The molecule has 23 heavy (non-hydrogen) atoms. The summed E-state index contributed by atoms with van der Waals surface area (Å²) >= 11 is 0. The van der Waals surface area contributed by atoms with Crippen molar-refractivity contribution in [1.82, 2.24) is 5.32 Å². The van der Waals surface area contributed by atoms with Crippen molar-refractivity contribution in [3.8, 4) is 11.8 Å². The first-order valence-corrected chi connectivity index (χ1v) is 6.87. The average molecular weight is 309 g/mol. The zero-order valence-corrected chi connectivity index (χ0v) is 12.5. The van der Waals surface area contributed by atoms with Crippen molar-refractivity contribution in [2.24, 2.45) is 0 Å². The molecule has 0 aliphatic carbocycles. The fourth-order valence-electron chi connectivity index (χ4n) is 1.82. The van der Waals surface area contributed by atoms with E-state index >= 15 is 0 Å². The number of nitriles is 1. The molecular weight excluding hydrogens is 294 g/mol. The van der Waals surface area contributed by atoms with Crippen molar-refractivity contribution in [2.45, 2.75) is 0 Å². The standard InChI is InChI=1S/C17H15N3O3/c1-19-17(22)13-4-6-14(7-5-13)20-16(21)11-23-15-8-2-12(10-18)3-9-15/h2-9H,11H2,1H3,(H,19,22)(H,20,21). The van der Waals surface area contributed by atoms with Gasteiger partial charge >= 0.3 is 0 Å². The molecule has 0 aliphatic rings. The van der Waals surface area contributed by atoms with Gasteiger partial charge in [-0.1, -0.05) is 0 Å². The summed E-state index contributed by atoms with van der Waals surface area (Å²) in [5.41, 5.74) is 1.61. The van der Waals surface area contributed by atoms with E-state index < -0.39 is 0 Å². The number of ether oxygens (including phenoxy) is 1. The molecule has 0 radical (unpaired) electrons. The first kappa shape index (κ1) is 16.0. The Hall–Kier alpha value is -3.33. The Morgan fingerprint density at radius 3 is 2.30 bits per heavy atom. The summed E-state index contributed by atoms with van der Waals surface area (Å²) in [6, 6.07) is 15.0. The second-order valence-corrected chi connectivity index (χ2v) is 4.63. The lowest BCUT2D eigenvalue weighted by Gasteiger charge is -2.08. The smallest absolute Gasteiger partial charge is 0.262 e. The molecule has 0 aliphatic heterocycles. The molecule has 116 valence electrons. The number of carbonyl (C=O) groups excluding carboxylic acids is 2. The number of nitrogens with zero attached hydrogens (tertiary/aromatic N) is 1. The van der Waals surface area contributed by atoms with E-state index in [1.165, 1.54) is 0 Å². The van der Waals surface area contributed by atoms with Gasteiger partial charge in [0.25, 0.3) is 11.8 Å². The number of hydrogen-bond donors (Lipinski definition) is 2. The lowest BCUT2D eigenvalue weighted by Crippen LogP contribution is -2.20. The third-order valence-corrected chi connectivity index (χ3v) is 3.01. The molecule has 0 unspecified atom stereocenters. The van der Waals surface area contributed by atoms with Gasteiger partial charge in [0.2, 0.25) is 0 Å². The second-order valence-electron chi connectivity index (χ2n) is 4.63. The first-order chi connectivity index (χ1) is 11.1. The van der Waals surface area contributed by atoms with Crippen LogP contribution < -0.4 is 15.4 Å². The van der Waals surface area contributed by atoms with Gasteiger partial charge in [-0.3, -0.25) is 9.59 Å². The van der Waals surface area contributed by atoms with Gasteiger partial charge in [0.1, 0.15) is 5.75 Å². The van der Waals surface area contributed by atoms with Crippen LogP contribution in [0.25, 0.3) is 0 Å². The van der Waals surface area contributed by atoms with Crippen LogP contribution in [0, 0.1) is 11.3 Å². The van der Waals surface area contributed by atoms with Gasteiger partial charge in [0.15, 0.2) is 6.61 Å². The lowest BCUT2D eigenvalue weighted by molar-refractivity contribution is -0.118. The Balaban J connectivity index is 1.86. The predicted octanol–water partition coefficient (Wildman–Crippen LogP) is 1.94. The van der Waals surface area contributed by atoms with Crippen LogP contribution in [0.3, 0.4) is 0 Å². The Morgan fingerprint density at radius 1 is 1.09 bits per heavy atom. The molecule has 2 aromatic rings. The fraction of sp³-hybridized carbons (Fsp3) is 0.118. The van der Waals surface area contributed by atoms with E-state index in [1.54, 1.807) is 55.6 Å². The topological polar surface area (TPSA) is 91.2 Å². The van der Waals surface area contributed by atoms with Gasteiger partial charge < -0.3 is 15.4 Å². The Bertz CT molecular complexity index is 731. The third-order valence-electron chi connectivity index (χ3n) is 3.01. The molecule has 2 amide bonds. The van der Waals surface area contributed by atoms with E-state index in [9.17, 15) is 9.59 Å². The minimum Gasteiger partial charge on any atom is -0.484 e. The molecule has 0 atom stereocenters. The normalized spacial score (nSPS) is 9.57. The monoisotopic (exact) mass is 309 g/mol. The predicted molar refractivity (Wildman–Crippen MR) is 85.1 cm³/mol. The number of benzene rings is 2. The van der Waals surface area contributed by atoms with Crippen LogP contribution >= 0.6 is 0 Å². The van der Waals surface area contributed by atoms with Crippen molar-refractivity contribution in [3.05, 3.63) is 59.7 Å². The number of anilines is 1. The number of carbonyl (C=O) groups is 2. The van der Waals surface area contributed by atoms with Crippen LogP contribution in [0.2, 0.25) is 0 Å². The van der Waals surface area contributed by atoms with E-state index in [0.717, 1.165) is 0 Å². The number of amides is 2. The highest BCUT2D eigenvalue weighted by atomic mass is 16.5. The number of rotatable bonds is 5. The molecule has 0 aromatic heterocycles. The maximum Gasteiger partial charge on any atom is 0.262 e. The van der Waals surface area contributed by atoms with Crippen molar-refractivity contribution in [2.75, 3.05) is 19.0 Å². The maximum atomic E-state index is 11.8. The quantitative estimate of drug-likeness (QED) is 0.883. The second kappa shape index (κ2) is 7.61. The van der Waals surface area contributed by atoms with Crippen LogP contribution in [0.1, 0.15) is 15.9 Å². The number of nitrogens with one attached hydrogen (secondary N) is 2. The van der Waals surface area contributed by atoms with Gasteiger partial charge in [-0.2, -0.15) is 5.26 Å². The van der Waals surface area contributed by atoms with Crippen molar-refractivity contribution in [1.29, 1.82) is 5.26 Å². The molecule has 6 nitrogen and oxygen atoms in total. The van der Waals surface area contributed by atoms with Crippen LogP contribution in [-0.2, 0) is 4.79 Å². The van der Waals surface area contributed by atoms with E-state index in [4.69, 9.17) is 10.00 Å². The highest BCUT2D eigenvalue weighted by Gasteiger charge is 2.06. The molecule has 2 N–H and O–H groups in total. The van der Waals surface area contributed by atoms with Crippen molar-refractivity contribution < 1.29 is 14.3 Å². The zero-order chi connectivity index (χ0) is 16.7. The lowest BCUT2D eigenvalue weighted by atomic mass is 10.2. The van der Waals surface area contributed by atoms with E-state index in [1.807, 2.05) is 6.07 Å². The Morgan fingerprint density at radius 2 is 1.74 bits per heavy atom. The summed E-state index contributed by atoms with van der Waals surface area (Å²) in [5.74, 6) is 0.00296. The van der Waals surface area contributed by atoms with Crippen molar-refractivity contribution in [3.63, 3.8) is 0 Å². The van der Waals surface area contributed by atoms with Crippen LogP contribution in [0.15, 0.2) is 48.5 Å². The zero-order valence-electron chi connectivity index (χ0n) is 12.5. The molecule has 0 bridgehead atoms. The summed E-state index contributed by atoms with van der Waals surface area (Å²) in [4.78, 5) is 23.2. The number of hydrogen-bond acceptors (Lipinski definition) is 4. The minimum atomic E-state index is -0.318. The van der Waals surface area contributed by atoms with Crippen LogP contribution in [-0.4, -0.2) is 25.5 Å². The molecule has 0 spiro atoms. The van der Waals surface area contributed by atoms with Crippen LogP contribution in [0.5, 0.6) is 5.75 Å². The van der Waals surface area contributed by atoms with E-state index in [2.05, 4.69) is 10.6 Å². The van der Waals surface area contributed by atoms with E-state index in [0.29, 0.717) is 22.6 Å². The highest BCUT2D eigenvalue weighted by molar-refractivity contribution is 5.95. The van der Waals surface area contributed by atoms with Gasteiger partial charge in [0.05, 0.1) is 11.6 Å². The molecule has 6 heteroatoms. The summed E-state index contributed by atoms with van der Waals surface area (Å²) in [7, 11) is 1.55. The first-order valence-electron chi connectivity index (χ1n) is 6.87. The Kier molecular flexibility index (Phi) is 5.31. The summed E-state index contributed by atoms with van der Waals surface area (Å²) in [6.07, 6.45) is 0. The van der Waals surface area contributed by atoms with Gasteiger partial charge in [-0.25, -0.2) is 0 Å². The molecule has 0 heterocycles.